The molecule has 0 fully saturated rings. The Kier molecular flexibility index (Phi) is 5.60. The Morgan fingerprint density at radius 3 is 2.75 bits per heavy atom. The SMILES string of the molecule is CNCCOCc1cc(Cl)c(C)cc1OC. The lowest BCUT2D eigenvalue weighted by molar-refractivity contribution is 0.122. The van der Waals surface area contributed by atoms with E-state index in [1.165, 1.54) is 0 Å². The van der Waals surface area contributed by atoms with Crippen LogP contribution in [0.1, 0.15) is 11.1 Å². The van der Waals surface area contributed by atoms with Gasteiger partial charge in [-0.25, -0.2) is 0 Å². The third kappa shape index (κ3) is 3.67. The summed E-state index contributed by atoms with van der Waals surface area (Å²) in [6.45, 7) is 3.98. The number of aryl methyl sites for hydroxylation is 1. The van der Waals surface area contributed by atoms with Gasteiger partial charge in [-0.1, -0.05) is 11.6 Å². The summed E-state index contributed by atoms with van der Waals surface area (Å²) in [4.78, 5) is 0. The molecule has 0 aromatic heterocycles. The molecule has 1 N–H and O–H groups in total. The van der Waals surface area contributed by atoms with Crippen molar-refractivity contribution in [3.63, 3.8) is 0 Å². The molecule has 3 nitrogen and oxygen atoms in total. The molecule has 0 amide bonds. The molecule has 0 aliphatic heterocycles. The average Bonchev–Trinajstić information content (AvgIpc) is 2.28. The van der Waals surface area contributed by atoms with Gasteiger partial charge in [0.15, 0.2) is 0 Å². The maximum Gasteiger partial charge on any atom is 0.124 e. The summed E-state index contributed by atoms with van der Waals surface area (Å²) in [5.41, 5.74) is 1.99. The largest absolute Gasteiger partial charge is 0.496 e. The van der Waals surface area contributed by atoms with Gasteiger partial charge >= 0.3 is 0 Å². The van der Waals surface area contributed by atoms with Gasteiger partial charge in [-0.2, -0.15) is 0 Å². The van der Waals surface area contributed by atoms with Gasteiger partial charge in [0.1, 0.15) is 5.75 Å². The molecule has 90 valence electrons. The number of nitrogens with one attached hydrogen (secondary N) is 1. The lowest BCUT2D eigenvalue weighted by Crippen LogP contribution is -2.14. The fraction of sp³-hybridized carbons (Fsp3) is 0.500. The smallest absolute Gasteiger partial charge is 0.124 e. The first-order valence-corrected chi connectivity index (χ1v) is 5.62. The van der Waals surface area contributed by atoms with Crippen molar-refractivity contribution >= 4 is 11.6 Å². The van der Waals surface area contributed by atoms with E-state index in [4.69, 9.17) is 21.1 Å². The highest BCUT2D eigenvalue weighted by Gasteiger charge is 2.06. The molecule has 0 bridgehead atoms. The summed E-state index contributed by atoms with van der Waals surface area (Å²) in [6, 6.07) is 3.83. The fourth-order valence-corrected chi connectivity index (χ4v) is 1.54. The van der Waals surface area contributed by atoms with Crippen molar-refractivity contribution in [3.05, 3.63) is 28.3 Å². The van der Waals surface area contributed by atoms with Gasteiger partial charge in [-0.3, -0.25) is 0 Å². The predicted octanol–water partition coefficient (Wildman–Crippen LogP) is 2.39. The van der Waals surface area contributed by atoms with Gasteiger partial charge in [0, 0.05) is 17.1 Å². The molecule has 1 aromatic rings. The van der Waals surface area contributed by atoms with Crippen LogP contribution in [0.4, 0.5) is 0 Å². The lowest BCUT2D eigenvalue weighted by Gasteiger charge is -2.11. The van der Waals surface area contributed by atoms with Crippen LogP contribution in [0.3, 0.4) is 0 Å². The maximum atomic E-state index is 6.06. The summed E-state index contributed by atoms with van der Waals surface area (Å²) >= 11 is 6.06. The quantitative estimate of drug-likeness (QED) is 0.779. The van der Waals surface area contributed by atoms with E-state index in [9.17, 15) is 0 Å². The van der Waals surface area contributed by atoms with Crippen LogP contribution >= 0.6 is 11.6 Å². The molecule has 0 saturated heterocycles. The Labute approximate surface area is 102 Å². The zero-order valence-corrected chi connectivity index (χ0v) is 10.7. The number of likely N-dealkylation sites (N-methyl/N-ethyl adjacent to an activating group) is 1. The number of rotatable bonds is 6. The number of ether oxygens (including phenoxy) is 2. The Bertz CT molecular complexity index is 342. The summed E-state index contributed by atoms with van der Waals surface area (Å²) in [7, 11) is 3.55. The molecule has 0 radical (unpaired) electrons. The standard InChI is InChI=1S/C12H18ClNO2/c1-9-6-12(15-3)10(7-11(9)13)8-16-5-4-14-2/h6-7,14H,4-5,8H2,1-3H3. The minimum absolute atomic E-state index is 0.519. The van der Waals surface area contributed by atoms with Crippen molar-refractivity contribution in [2.75, 3.05) is 27.3 Å². The van der Waals surface area contributed by atoms with Crippen LogP contribution in [0.2, 0.25) is 5.02 Å². The van der Waals surface area contributed by atoms with E-state index < -0.39 is 0 Å². The van der Waals surface area contributed by atoms with Crippen LogP contribution in [-0.2, 0) is 11.3 Å². The van der Waals surface area contributed by atoms with Crippen molar-refractivity contribution in [2.45, 2.75) is 13.5 Å². The lowest BCUT2D eigenvalue weighted by atomic mass is 10.1. The van der Waals surface area contributed by atoms with E-state index in [1.54, 1.807) is 7.11 Å². The topological polar surface area (TPSA) is 30.5 Å². The van der Waals surface area contributed by atoms with E-state index in [1.807, 2.05) is 26.1 Å². The molecule has 1 rings (SSSR count). The molecule has 0 unspecified atom stereocenters. The highest BCUT2D eigenvalue weighted by Crippen LogP contribution is 2.26. The second-order valence-electron chi connectivity index (χ2n) is 3.57. The van der Waals surface area contributed by atoms with Crippen molar-refractivity contribution in [2.24, 2.45) is 0 Å². The van der Waals surface area contributed by atoms with Crippen LogP contribution in [0, 0.1) is 6.92 Å². The van der Waals surface area contributed by atoms with Gasteiger partial charge in [0.2, 0.25) is 0 Å². The molecular formula is C12H18ClNO2. The minimum atomic E-state index is 0.519. The summed E-state index contributed by atoms with van der Waals surface area (Å²) in [6.07, 6.45) is 0. The van der Waals surface area contributed by atoms with Crippen molar-refractivity contribution in [1.82, 2.24) is 5.32 Å². The summed E-state index contributed by atoms with van der Waals surface area (Å²) in [5.74, 6) is 0.825. The average molecular weight is 244 g/mol. The van der Waals surface area contributed by atoms with E-state index in [-0.39, 0.29) is 0 Å². The van der Waals surface area contributed by atoms with Crippen LogP contribution in [0.5, 0.6) is 5.75 Å². The van der Waals surface area contributed by atoms with Crippen molar-refractivity contribution in [3.8, 4) is 5.75 Å². The molecule has 0 atom stereocenters. The highest BCUT2D eigenvalue weighted by molar-refractivity contribution is 6.31. The molecule has 4 heteroatoms. The first-order chi connectivity index (χ1) is 7.69. The molecular weight excluding hydrogens is 226 g/mol. The highest BCUT2D eigenvalue weighted by atomic mass is 35.5. The number of benzene rings is 1. The van der Waals surface area contributed by atoms with Crippen LogP contribution in [0.15, 0.2) is 12.1 Å². The van der Waals surface area contributed by atoms with Gasteiger partial charge in [0.25, 0.3) is 0 Å². The monoisotopic (exact) mass is 243 g/mol. The normalized spacial score (nSPS) is 10.5. The van der Waals surface area contributed by atoms with Gasteiger partial charge in [-0.05, 0) is 31.7 Å². The van der Waals surface area contributed by atoms with Gasteiger partial charge < -0.3 is 14.8 Å². The maximum absolute atomic E-state index is 6.06. The third-order valence-corrected chi connectivity index (χ3v) is 2.72. The molecule has 0 aliphatic carbocycles. The zero-order chi connectivity index (χ0) is 12.0. The van der Waals surface area contributed by atoms with Crippen LogP contribution in [0.25, 0.3) is 0 Å². The molecule has 16 heavy (non-hydrogen) atoms. The van der Waals surface area contributed by atoms with Gasteiger partial charge in [0.05, 0.1) is 20.3 Å². The molecule has 0 spiro atoms. The van der Waals surface area contributed by atoms with Crippen LogP contribution in [-0.4, -0.2) is 27.3 Å². The molecule has 1 aromatic carbocycles. The Morgan fingerprint density at radius 2 is 2.12 bits per heavy atom. The molecule has 0 saturated carbocycles. The number of hydrogen-bond acceptors (Lipinski definition) is 3. The fourth-order valence-electron chi connectivity index (χ4n) is 1.36. The second kappa shape index (κ2) is 6.74. The Hall–Kier alpha value is -0.770. The number of halogens is 1. The number of methoxy groups -OCH3 is 1. The van der Waals surface area contributed by atoms with Crippen molar-refractivity contribution < 1.29 is 9.47 Å². The van der Waals surface area contributed by atoms with E-state index >= 15 is 0 Å². The first-order valence-electron chi connectivity index (χ1n) is 5.24. The van der Waals surface area contributed by atoms with E-state index in [0.29, 0.717) is 13.2 Å². The third-order valence-electron chi connectivity index (χ3n) is 2.32. The number of hydrogen-bond donors (Lipinski definition) is 1. The van der Waals surface area contributed by atoms with Gasteiger partial charge in [-0.15, -0.1) is 0 Å². The van der Waals surface area contributed by atoms with Crippen molar-refractivity contribution in [1.29, 1.82) is 0 Å². The summed E-state index contributed by atoms with van der Waals surface area (Å²) < 4.78 is 10.8. The first kappa shape index (κ1) is 13.3. The Morgan fingerprint density at radius 1 is 1.38 bits per heavy atom. The minimum Gasteiger partial charge on any atom is -0.496 e. The summed E-state index contributed by atoms with van der Waals surface area (Å²) in [5, 5.41) is 3.76. The van der Waals surface area contributed by atoms with Crippen LogP contribution < -0.4 is 10.1 Å². The molecule has 0 aliphatic rings. The molecule has 0 heterocycles. The second-order valence-corrected chi connectivity index (χ2v) is 3.98. The van der Waals surface area contributed by atoms with E-state index in [2.05, 4.69) is 5.32 Å². The predicted molar refractivity (Wildman–Crippen MR) is 66.3 cm³/mol. The van der Waals surface area contributed by atoms with E-state index in [0.717, 1.165) is 28.4 Å². The Balaban J connectivity index is 2.66. The zero-order valence-electron chi connectivity index (χ0n) is 9.97.